The van der Waals surface area contributed by atoms with Gasteiger partial charge < -0.3 is 14.5 Å². The van der Waals surface area contributed by atoms with Crippen LogP contribution in [0.15, 0.2) is 170 Å². The van der Waals surface area contributed by atoms with Gasteiger partial charge in [-0.3, -0.25) is 9.59 Å². The molecule has 0 bridgehead atoms. The molecule has 6 aromatic carbocycles. The molecule has 0 saturated carbocycles. The molecule has 0 atom stereocenters. The van der Waals surface area contributed by atoms with Crippen LogP contribution >= 0.6 is 0 Å². The van der Waals surface area contributed by atoms with Crippen molar-refractivity contribution in [2.45, 2.75) is 26.2 Å². The minimum atomic E-state index is -0.559. The summed E-state index contributed by atoms with van der Waals surface area (Å²) in [7, 11) is 0.0481. The molecule has 0 spiro atoms. The Bertz CT molecular complexity index is 1680. The Morgan fingerprint density at radius 1 is 0.388 bits per heavy atom. The summed E-state index contributed by atoms with van der Waals surface area (Å²) in [6, 6.07) is 57.3. The van der Waals surface area contributed by atoms with Crippen LogP contribution < -0.4 is 20.7 Å². The molecule has 0 N–H and O–H groups in total. The van der Waals surface area contributed by atoms with Gasteiger partial charge in [-0.1, -0.05) is 157 Å². The number of anilines is 2. The van der Waals surface area contributed by atoms with Crippen LogP contribution in [0.25, 0.3) is 0 Å². The van der Waals surface area contributed by atoms with Crippen molar-refractivity contribution in [3.8, 4) is 0 Å². The number of hydrogen-bond acceptors (Lipinski definition) is 5. The molecule has 6 aromatic rings. The van der Waals surface area contributed by atoms with Crippen molar-refractivity contribution in [1.82, 2.24) is 0 Å². The van der Waals surface area contributed by atoms with Crippen LogP contribution in [0, 0.1) is 0 Å². The zero-order valence-corrected chi connectivity index (χ0v) is 27.5. The second-order valence-corrected chi connectivity index (χ2v) is 12.2. The smallest absolute Gasteiger partial charge is 0.294 e. The highest BCUT2D eigenvalue weighted by Gasteiger charge is 2.17. The van der Waals surface area contributed by atoms with Gasteiger partial charge in [0.1, 0.15) is 0 Å². The molecule has 0 aliphatic rings. The van der Waals surface area contributed by atoms with Crippen LogP contribution in [-0.2, 0) is 30.9 Å². The van der Waals surface area contributed by atoms with E-state index in [1.165, 1.54) is 22.3 Å². The van der Waals surface area contributed by atoms with E-state index in [1.807, 2.05) is 72.8 Å². The average molecular weight is 640 g/mol. The lowest BCUT2D eigenvalue weighted by molar-refractivity contribution is 0.184. The lowest BCUT2D eigenvalue weighted by atomic mass is 9.68. The van der Waals surface area contributed by atoms with Crippen LogP contribution in [0.5, 0.6) is 0 Å². The molecule has 7 heteroatoms. The third kappa shape index (κ3) is 10.1. The molecule has 0 aliphatic heterocycles. The summed E-state index contributed by atoms with van der Waals surface area (Å²) in [6.07, 6.45) is 0. The maximum absolute atomic E-state index is 12.7. The van der Waals surface area contributed by atoms with Crippen molar-refractivity contribution in [2.24, 2.45) is 0 Å². The van der Waals surface area contributed by atoms with Crippen LogP contribution in [-0.4, -0.2) is 26.3 Å². The highest BCUT2D eigenvalue weighted by Crippen LogP contribution is 2.21. The second kappa shape index (κ2) is 16.8. The van der Waals surface area contributed by atoms with E-state index in [-0.39, 0.29) is 14.6 Å². The Balaban J connectivity index is 1.04. The number of rotatable bonds is 14. The fourth-order valence-corrected chi connectivity index (χ4v) is 5.87. The van der Waals surface area contributed by atoms with E-state index in [1.54, 1.807) is 0 Å². The quantitative estimate of drug-likeness (QED) is 0.0933. The van der Waals surface area contributed by atoms with Gasteiger partial charge >= 0.3 is 0 Å². The number of nitrogens with zero attached hydrogens (tertiary/aromatic N) is 2. The SMILES string of the molecule is O=C(Bc1ccc(N(Cc2ccccc2)Cc2ccccc2)cc1)OC(=O)Bc1ccc(N(Cc2ccccc2)Cc2ccccc2)cc1. The molecule has 0 aliphatic carbocycles. The van der Waals surface area contributed by atoms with Crippen LogP contribution in [0.2, 0.25) is 0 Å². The van der Waals surface area contributed by atoms with Gasteiger partial charge in [0.25, 0.3) is 26.3 Å². The first-order chi connectivity index (χ1) is 24.1. The summed E-state index contributed by atoms with van der Waals surface area (Å²) in [5.41, 5.74) is 8.56. The Morgan fingerprint density at radius 3 is 0.918 bits per heavy atom. The van der Waals surface area contributed by atoms with E-state index < -0.39 is 11.7 Å². The first-order valence-electron chi connectivity index (χ1n) is 16.6. The van der Waals surface area contributed by atoms with Crippen LogP contribution in [0.3, 0.4) is 0 Å². The Kier molecular flexibility index (Phi) is 11.4. The second-order valence-electron chi connectivity index (χ2n) is 12.2. The van der Waals surface area contributed by atoms with Gasteiger partial charge in [-0.15, -0.1) is 0 Å². The van der Waals surface area contributed by atoms with Crippen molar-refractivity contribution in [1.29, 1.82) is 0 Å². The van der Waals surface area contributed by atoms with E-state index in [2.05, 4.69) is 107 Å². The van der Waals surface area contributed by atoms with Crippen molar-refractivity contribution >= 4 is 48.6 Å². The maximum atomic E-state index is 12.7. The number of ether oxygens (including phenoxy) is 1. The molecule has 0 aromatic heterocycles. The van der Waals surface area contributed by atoms with Crippen LogP contribution in [0.1, 0.15) is 22.3 Å². The molecule has 0 radical (unpaired) electrons. The first kappa shape index (κ1) is 33.1. The van der Waals surface area contributed by atoms with Crippen molar-refractivity contribution in [3.05, 3.63) is 192 Å². The highest BCUT2D eigenvalue weighted by atomic mass is 16.6. The summed E-state index contributed by atoms with van der Waals surface area (Å²) < 4.78 is 5.23. The zero-order chi connectivity index (χ0) is 33.7. The van der Waals surface area contributed by atoms with Gasteiger partial charge in [0, 0.05) is 37.6 Å². The van der Waals surface area contributed by atoms with E-state index in [9.17, 15) is 9.59 Å². The lowest BCUT2D eigenvalue weighted by Crippen LogP contribution is -2.31. The Labute approximate surface area is 290 Å². The number of hydrogen-bond donors (Lipinski definition) is 0. The maximum Gasteiger partial charge on any atom is 0.294 e. The third-order valence-electron chi connectivity index (χ3n) is 8.39. The zero-order valence-electron chi connectivity index (χ0n) is 27.5. The van der Waals surface area contributed by atoms with Crippen LogP contribution in [0.4, 0.5) is 21.0 Å². The molecule has 6 rings (SSSR count). The average Bonchev–Trinajstić information content (AvgIpc) is 3.13. The van der Waals surface area contributed by atoms with Gasteiger partial charge in [0.15, 0.2) is 0 Å². The summed E-state index contributed by atoms with van der Waals surface area (Å²) in [6.45, 7) is 3.02. The first-order valence-corrected chi connectivity index (χ1v) is 16.6. The molecule has 0 heterocycles. The van der Waals surface area contributed by atoms with Gasteiger partial charge in [-0.05, 0) is 46.5 Å². The monoisotopic (exact) mass is 640 g/mol. The summed E-state index contributed by atoms with van der Waals surface area (Å²) in [4.78, 5) is 30.1. The lowest BCUT2D eigenvalue weighted by Gasteiger charge is -2.25. The van der Waals surface area contributed by atoms with Crippen molar-refractivity contribution in [3.63, 3.8) is 0 Å². The molecular weight excluding hydrogens is 602 g/mol. The highest BCUT2D eigenvalue weighted by molar-refractivity contribution is 6.87. The molecule has 49 heavy (non-hydrogen) atoms. The van der Waals surface area contributed by atoms with Crippen molar-refractivity contribution in [2.75, 3.05) is 9.80 Å². The molecule has 240 valence electrons. The van der Waals surface area contributed by atoms with Gasteiger partial charge in [-0.25, -0.2) is 0 Å². The standard InChI is InChI=1S/C42H38B2N2O3/c47-41(43-37-21-25-39(26-22-37)45(29-33-13-5-1-6-14-33)30-34-15-7-2-8-16-34)49-42(48)44-38-23-27-40(28-24-38)46(31-35-17-9-3-10-18-35)32-36-19-11-4-12-20-36/h1-28,43-44H,29-32H2. The Morgan fingerprint density at radius 2 is 0.653 bits per heavy atom. The molecule has 0 amide bonds. The van der Waals surface area contributed by atoms with Gasteiger partial charge in [-0.2, -0.15) is 0 Å². The molecular formula is C42H38B2N2O3. The van der Waals surface area contributed by atoms with Gasteiger partial charge in [0.05, 0.1) is 0 Å². The molecule has 0 unspecified atom stereocenters. The van der Waals surface area contributed by atoms with E-state index in [4.69, 9.17) is 4.74 Å². The fraction of sp³-hybridized carbons (Fsp3) is 0.0952. The van der Waals surface area contributed by atoms with Crippen molar-refractivity contribution < 1.29 is 14.3 Å². The summed E-state index contributed by atoms with van der Waals surface area (Å²) in [5.74, 6) is -1.12. The third-order valence-corrected chi connectivity index (χ3v) is 8.39. The van der Waals surface area contributed by atoms with Gasteiger partial charge in [0.2, 0.25) is 0 Å². The minimum absolute atomic E-state index is 0.0241. The predicted molar refractivity (Wildman–Crippen MR) is 204 cm³/mol. The van der Waals surface area contributed by atoms with E-state index >= 15 is 0 Å². The number of carbonyl (C=O) groups excluding carboxylic acids is 2. The number of benzene rings is 6. The minimum Gasteiger partial charge on any atom is -0.410 e. The topological polar surface area (TPSA) is 49.9 Å². The fourth-order valence-electron chi connectivity index (χ4n) is 5.87. The predicted octanol–water partition coefficient (Wildman–Crippen LogP) is 7.18. The van der Waals surface area contributed by atoms with E-state index in [0.717, 1.165) is 48.5 Å². The molecule has 0 fully saturated rings. The molecule has 5 nitrogen and oxygen atoms in total. The largest absolute Gasteiger partial charge is 0.410 e. The normalized spacial score (nSPS) is 10.5. The molecule has 0 saturated heterocycles. The van der Waals surface area contributed by atoms with E-state index in [0.29, 0.717) is 0 Å². The summed E-state index contributed by atoms with van der Waals surface area (Å²) in [5, 5.41) is 0. The number of carbonyl (C=O) groups is 2. The Hall–Kier alpha value is -5.81. The summed E-state index contributed by atoms with van der Waals surface area (Å²) >= 11 is 0.